The average molecular weight is 378 g/mol. The molecule has 0 heterocycles. The number of halogens is 6. The van der Waals surface area contributed by atoms with Gasteiger partial charge in [0.05, 0.1) is 11.3 Å². The van der Waals surface area contributed by atoms with Crippen LogP contribution in [0, 0.1) is 17.3 Å². The summed E-state index contributed by atoms with van der Waals surface area (Å²) in [5.74, 6) is -6.17. The highest BCUT2D eigenvalue weighted by Gasteiger charge is 2.69. The Morgan fingerprint density at radius 3 is 2.00 bits per heavy atom. The minimum Gasteiger partial charge on any atom is -0.481 e. The Hall–Kier alpha value is -1.48. The summed E-state index contributed by atoms with van der Waals surface area (Å²) >= 11 is 0. The van der Waals surface area contributed by atoms with Gasteiger partial charge in [0.25, 0.3) is 0 Å². The van der Waals surface area contributed by atoms with E-state index in [0.29, 0.717) is 0 Å². The Balaban J connectivity index is 3.10. The van der Waals surface area contributed by atoms with Crippen molar-refractivity contribution >= 4 is 11.9 Å². The zero-order valence-corrected chi connectivity index (χ0v) is 13.9. The quantitative estimate of drug-likeness (QED) is 0.552. The van der Waals surface area contributed by atoms with Gasteiger partial charge in [-0.25, -0.2) is 0 Å². The Labute approximate surface area is 140 Å². The zero-order chi connectivity index (χ0) is 19.8. The number of carbonyl (C=O) groups excluding carboxylic acids is 1. The van der Waals surface area contributed by atoms with Gasteiger partial charge in [-0.2, -0.15) is 26.3 Å². The second-order valence-electron chi connectivity index (χ2n) is 7.31. The molecular formula is C15H20F6O4. The van der Waals surface area contributed by atoms with Gasteiger partial charge in [0, 0.05) is 12.8 Å². The molecule has 0 aromatic carbocycles. The van der Waals surface area contributed by atoms with Crippen LogP contribution in [0.1, 0.15) is 46.5 Å². The number of hydrogen-bond donors (Lipinski definition) is 1. The molecule has 0 aromatic rings. The summed E-state index contributed by atoms with van der Waals surface area (Å²) in [6.07, 6.45) is -13.7. The largest absolute Gasteiger partial charge is 0.481 e. The van der Waals surface area contributed by atoms with Crippen molar-refractivity contribution in [1.29, 1.82) is 0 Å². The number of alkyl halides is 6. The van der Waals surface area contributed by atoms with Gasteiger partial charge in [0.2, 0.25) is 0 Å². The molecule has 1 N–H and O–H groups in total. The molecule has 0 bridgehead atoms. The van der Waals surface area contributed by atoms with Crippen LogP contribution in [0.25, 0.3) is 0 Å². The van der Waals surface area contributed by atoms with E-state index < -0.39 is 72.8 Å². The van der Waals surface area contributed by atoms with Crippen molar-refractivity contribution < 1.29 is 45.8 Å². The van der Waals surface area contributed by atoms with Crippen molar-refractivity contribution in [3.63, 3.8) is 0 Å². The van der Waals surface area contributed by atoms with Crippen molar-refractivity contribution in [3.05, 3.63) is 0 Å². The maximum atomic E-state index is 12.6. The maximum absolute atomic E-state index is 12.6. The van der Waals surface area contributed by atoms with E-state index in [2.05, 4.69) is 0 Å². The van der Waals surface area contributed by atoms with E-state index in [1.165, 1.54) is 20.8 Å². The highest BCUT2D eigenvalue weighted by Crippen LogP contribution is 2.63. The van der Waals surface area contributed by atoms with Gasteiger partial charge in [-0.1, -0.05) is 0 Å². The predicted molar refractivity (Wildman–Crippen MR) is 73.5 cm³/mol. The fourth-order valence-corrected chi connectivity index (χ4v) is 2.99. The third-order valence-electron chi connectivity index (χ3n) is 4.06. The van der Waals surface area contributed by atoms with Crippen molar-refractivity contribution in [2.75, 3.05) is 0 Å². The molecule has 1 fully saturated rings. The SMILES string of the molecule is CC(C)(C)OC(=O)[C@@H](CCC(F)(F)F)C1(C(=O)O)C[C@H]1CC(F)(F)F. The number of carboxylic acids is 1. The summed E-state index contributed by atoms with van der Waals surface area (Å²) in [6, 6.07) is 0. The number of aliphatic carboxylic acids is 1. The Morgan fingerprint density at radius 2 is 1.64 bits per heavy atom. The van der Waals surface area contributed by atoms with Crippen LogP contribution in [-0.4, -0.2) is 35.0 Å². The molecular weight excluding hydrogens is 358 g/mol. The van der Waals surface area contributed by atoms with E-state index in [-0.39, 0.29) is 0 Å². The topological polar surface area (TPSA) is 63.6 Å². The van der Waals surface area contributed by atoms with E-state index in [4.69, 9.17) is 4.74 Å². The molecule has 10 heteroatoms. The molecule has 3 atom stereocenters. The van der Waals surface area contributed by atoms with E-state index in [0.717, 1.165) is 0 Å². The number of hydrogen-bond acceptors (Lipinski definition) is 3. The standard InChI is InChI=1S/C15H20F6O4/c1-12(2,3)25-10(22)9(4-5-14(16,17)18)13(11(23)24)6-8(13)7-15(19,20)21/h8-9H,4-7H2,1-3H3,(H,23,24)/t8-,9+,13?/m0/s1. The molecule has 0 saturated heterocycles. The minimum absolute atomic E-state index is 0.510. The first-order valence-corrected chi connectivity index (χ1v) is 7.58. The molecule has 146 valence electrons. The molecule has 0 aliphatic heterocycles. The third kappa shape index (κ3) is 6.07. The van der Waals surface area contributed by atoms with Gasteiger partial charge < -0.3 is 9.84 Å². The first-order chi connectivity index (χ1) is 11.0. The number of ether oxygens (including phenoxy) is 1. The van der Waals surface area contributed by atoms with E-state index in [9.17, 15) is 41.0 Å². The van der Waals surface area contributed by atoms with Crippen LogP contribution in [0.4, 0.5) is 26.3 Å². The highest BCUT2D eigenvalue weighted by atomic mass is 19.4. The van der Waals surface area contributed by atoms with Gasteiger partial charge >= 0.3 is 24.3 Å². The van der Waals surface area contributed by atoms with Crippen molar-refractivity contribution in [2.24, 2.45) is 17.3 Å². The lowest BCUT2D eigenvalue weighted by Crippen LogP contribution is -2.39. The average Bonchev–Trinajstić information content (AvgIpc) is 2.97. The molecule has 0 radical (unpaired) electrons. The van der Waals surface area contributed by atoms with Crippen LogP contribution in [0.15, 0.2) is 0 Å². The van der Waals surface area contributed by atoms with Crippen molar-refractivity contribution in [1.82, 2.24) is 0 Å². The monoisotopic (exact) mass is 378 g/mol. The van der Waals surface area contributed by atoms with Gasteiger partial charge in [-0.05, 0) is 39.5 Å². The van der Waals surface area contributed by atoms with Gasteiger partial charge in [0.1, 0.15) is 5.60 Å². The maximum Gasteiger partial charge on any atom is 0.389 e. The van der Waals surface area contributed by atoms with Crippen molar-refractivity contribution in [2.45, 2.75) is 64.4 Å². The van der Waals surface area contributed by atoms with Crippen LogP contribution in [0.2, 0.25) is 0 Å². The summed E-state index contributed by atoms with van der Waals surface area (Å²) in [5, 5.41) is 9.36. The summed E-state index contributed by atoms with van der Waals surface area (Å²) < 4.78 is 80.2. The summed E-state index contributed by atoms with van der Waals surface area (Å²) in [6.45, 7) is 4.29. The molecule has 4 nitrogen and oxygen atoms in total. The summed E-state index contributed by atoms with van der Waals surface area (Å²) in [5.41, 5.74) is -3.29. The highest BCUT2D eigenvalue weighted by molar-refractivity contribution is 5.87. The normalized spacial score (nSPS) is 25.4. The molecule has 25 heavy (non-hydrogen) atoms. The lowest BCUT2D eigenvalue weighted by molar-refractivity contribution is -0.175. The lowest BCUT2D eigenvalue weighted by Gasteiger charge is -2.28. The summed E-state index contributed by atoms with van der Waals surface area (Å²) in [7, 11) is 0. The number of esters is 1. The minimum atomic E-state index is -4.68. The Bertz CT molecular complexity index is 520. The Kier molecular flexibility index (Phi) is 5.76. The van der Waals surface area contributed by atoms with E-state index in [1.54, 1.807) is 0 Å². The Morgan fingerprint density at radius 1 is 1.12 bits per heavy atom. The molecule has 0 spiro atoms. The van der Waals surface area contributed by atoms with E-state index >= 15 is 0 Å². The fourth-order valence-electron chi connectivity index (χ4n) is 2.99. The second kappa shape index (κ2) is 6.68. The fraction of sp³-hybridized carbons (Fsp3) is 0.867. The van der Waals surface area contributed by atoms with Gasteiger partial charge in [-0.3, -0.25) is 9.59 Å². The van der Waals surface area contributed by atoms with E-state index in [1.807, 2.05) is 0 Å². The van der Waals surface area contributed by atoms with Crippen LogP contribution in [-0.2, 0) is 14.3 Å². The number of carboxylic acid groups (broad SMARTS) is 1. The lowest BCUT2D eigenvalue weighted by atomic mass is 9.82. The van der Waals surface area contributed by atoms with Crippen LogP contribution >= 0.6 is 0 Å². The van der Waals surface area contributed by atoms with Gasteiger partial charge in [0.15, 0.2) is 0 Å². The van der Waals surface area contributed by atoms with Gasteiger partial charge in [-0.15, -0.1) is 0 Å². The first kappa shape index (κ1) is 21.6. The smallest absolute Gasteiger partial charge is 0.389 e. The first-order valence-electron chi connectivity index (χ1n) is 7.58. The van der Waals surface area contributed by atoms with Crippen LogP contribution < -0.4 is 0 Å². The van der Waals surface area contributed by atoms with Crippen LogP contribution in [0.3, 0.4) is 0 Å². The molecule has 1 rings (SSSR count). The molecule has 1 saturated carbocycles. The second-order valence-corrected chi connectivity index (χ2v) is 7.31. The number of rotatable bonds is 6. The molecule has 1 aliphatic rings. The molecule has 1 aliphatic carbocycles. The number of carbonyl (C=O) groups is 2. The zero-order valence-electron chi connectivity index (χ0n) is 13.9. The van der Waals surface area contributed by atoms with Crippen LogP contribution in [0.5, 0.6) is 0 Å². The molecule has 1 unspecified atom stereocenters. The predicted octanol–water partition coefficient (Wildman–Crippen LogP) is 4.33. The molecule has 0 amide bonds. The molecule has 0 aromatic heterocycles. The van der Waals surface area contributed by atoms with Crippen molar-refractivity contribution in [3.8, 4) is 0 Å². The third-order valence-corrected chi connectivity index (χ3v) is 4.06. The summed E-state index contributed by atoms with van der Waals surface area (Å²) in [4.78, 5) is 23.8.